The SMILES string of the molecule is COc1ccc(C=CCCCCOc2ccc(CCCCCC(=O)O)cc2CCC(=O)O)cc1. The molecule has 0 saturated heterocycles. The molecular weight excluding hydrogens is 432 g/mol. The fraction of sp³-hybridized carbons (Fsp3) is 0.429. The Bertz CT molecular complexity index is 917. The third kappa shape index (κ3) is 11.0. The van der Waals surface area contributed by atoms with Crippen molar-refractivity contribution in [2.45, 2.75) is 64.2 Å². The number of unbranched alkanes of at least 4 members (excludes halogenated alkanes) is 4. The number of carboxylic acid groups (broad SMARTS) is 2. The van der Waals surface area contributed by atoms with Gasteiger partial charge in [0.15, 0.2) is 0 Å². The lowest BCUT2D eigenvalue weighted by Gasteiger charge is -2.13. The average Bonchev–Trinajstić information content (AvgIpc) is 2.82. The van der Waals surface area contributed by atoms with E-state index in [1.54, 1.807) is 7.11 Å². The van der Waals surface area contributed by atoms with Gasteiger partial charge in [-0.25, -0.2) is 0 Å². The number of hydrogen-bond donors (Lipinski definition) is 2. The van der Waals surface area contributed by atoms with Gasteiger partial charge in [0.1, 0.15) is 11.5 Å². The van der Waals surface area contributed by atoms with Crippen molar-refractivity contribution in [2.75, 3.05) is 13.7 Å². The topological polar surface area (TPSA) is 93.1 Å². The summed E-state index contributed by atoms with van der Waals surface area (Å²) in [4.78, 5) is 21.7. The van der Waals surface area contributed by atoms with Gasteiger partial charge in [-0.15, -0.1) is 0 Å². The van der Waals surface area contributed by atoms with Crippen LogP contribution in [0.25, 0.3) is 6.08 Å². The predicted molar refractivity (Wildman–Crippen MR) is 134 cm³/mol. The van der Waals surface area contributed by atoms with Gasteiger partial charge in [0.05, 0.1) is 13.7 Å². The van der Waals surface area contributed by atoms with Gasteiger partial charge in [-0.2, -0.15) is 0 Å². The number of carbonyl (C=O) groups is 2. The molecule has 0 saturated carbocycles. The zero-order chi connectivity index (χ0) is 24.6. The standard InChI is InChI=1S/C28H36O6/c1-33-25-16-12-22(13-17-25)9-5-2-3-8-20-34-26-18-14-23(10-6-4-7-11-27(29)30)21-24(26)15-19-28(31)32/h5,9,12-14,16-18,21H,2-4,6-8,10-11,15,19-20H2,1H3,(H,29,30)(H,31,32). The normalized spacial score (nSPS) is 11.0. The number of aliphatic carboxylic acids is 2. The Balaban J connectivity index is 1.77. The van der Waals surface area contributed by atoms with E-state index in [2.05, 4.69) is 12.2 Å². The number of ether oxygens (including phenoxy) is 2. The van der Waals surface area contributed by atoms with Gasteiger partial charge in [-0.1, -0.05) is 42.8 Å². The summed E-state index contributed by atoms with van der Waals surface area (Å²) in [6.45, 7) is 0.588. The van der Waals surface area contributed by atoms with Crippen LogP contribution in [0, 0.1) is 0 Å². The van der Waals surface area contributed by atoms with Crippen molar-refractivity contribution >= 4 is 18.0 Å². The number of methoxy groups -OCH3 is 1. The number of allylic oxidation sites excluding steroid dienone is 1. The molecule has 0 heterocycles. The summed E-state index contributed by atoms with van der Waals surface area (Å²) in [5, 5.41) is 17.8. The molecule has 2 N–H and O–H groups in total. The van der Waals surface area contributed by atoms with E-state index in [1.807, 2.05) is 42.5 Å². The van der Waals surface area contributed by atoms with Gasteiger partial charge in [-0.05, 0) is 79.8 Å². The maximum Gasteiger partial charge on any atom is 0.303 e. The number of carboxylic acids is 2. The van der Waals surface area contributed by atoms with Crippen molar-refractivity contribution in [2.24, 2.45) is 0 Å². The summed E-state index contributed by atoms with van der Waals surface area (Å²) in [6.07, 6.45) is 11.1. The summed E-state index contributed by atoms with van der Waals surface area (Å²) < 4.78 is 11.2. The van der Waals surface area contributed by atoms with Gasteiger partial charge >= 0.3 is 11.9 Å². The first-order chi connectivity index (χ1) is 16.5. The number of hydrogen-bond acceptors (Lipinski definition) is 4. The summed E-state index contributed by atoms with van der Waals surface area (Å²) in [6, 6.07) is 13.9. The highest BCUT2D eigenvalue weighted by Gasteiger charge is 2.08. The molecule has 2 aromatic rings. The lowest BCUT2D eigenvalue weighted by Crippen LogP contribution is -2.04. The Kier molecular flexibility index (Phi) is 12.3. The van der Waals surface area contributed by atoms with Crippen LogP contribution in [0.1, 0.15) is 68.1 Å². The van der Waals surface area contributed by atoms with Gasteiger partial charge in [-0.3, -0.25) is 9.59 Å². The van der Waals surface area contributed by atoms with Crippen LogP contribution in [-0.4, -0.2) is 35.9 Å². The minimum Gasteiger partial charge on any atom is -0.497 e. The average molecular weight is 469 g/mol. The van der Waals surface area contributed by atoms with Crippen molar-refractivity contribution in [3.8, 4) is 11.5 Å². The molecule has 184 valence electrons. The van der Waals surface area contributed by atoms with Crippen LogP contribution in [-0.2, 0) is 22.4 Å². The fourth-order valence-corrected chi connectivity index (χ4v) is 3.63. The van der Waals surface area contributed by atoms with Crippen molar-refractivity contribution in [3.63, 3.8) is 0 Å². The first-order valence-corrected chi connectivity index (χ1v) is 12.0. The Morgan fingerprint density at radius 3 is 2.32 bits per heavy atom. The molecule has 0 spiro atoms. The van der Waals surface area contributed by atoms with E-state index in [0.717, 1.165) is 66.7 Å². The highest BCUT2D eigenvalue weighted by atomic mass is 16.5. The third-order valence-electron chi connectivity index (χ3n) is 5.54. The van der Waals surface area contributed by atoms with Gasteiger partial charge < -0.3 is 19.7 Å². The van der Waals surface area contributed by atoms with E-state index in [-0.39, 0.29) is 12.8 Å². The monoisotopic (exact) mass is 468 g/mol. The zero-order valence-corrected chi connectivity index (χ0v) is 20.0. The minimum atomic E-state index is -0.825. The molecule has 2 rings (SSSR count). The van der Waals surface area contributed by atoms with Crippen LogP contribution in [0.4, 0.5) is 0 Å². The van der Waals surface area contributed by atoms with Crippen molar-refractivity contribution in [3.05, 3.63) is 65.2 Å². The summed E-state index contributed by atoms with van der Waals surface area (Å²) >= 11 is 0. The first kappa shape index (κ1) is 27.0. The fourth-order valence-electron chi connectivity index (χ4n) is 3.63. The van der Waals surface area contributed by atoms with Crippen LogP contribution >= 0.6 is 0 Å². The van der Waals surface area contributed by atoms with Crippen LogP contribution in [0.5, 0.6) is 11.5 Å². The quantitative estimate of drug-likeness (QED) is 0.270. The molecule has 34 heavy (non-hydrogen) atoms. The molecule has 0 radical (unpaired) electrons. The Morgan fingerprint density at radius 2 is 1.62 bits per heavy atom. The molecule has 0 bridgehead atoms. The van der Waals surface area contributed by atoms with E-state index in [4.69, 9.17) is 19.7 Å². The molecule has 0 aliphatic carbocycles. The predicted octanol–water partition coefficient (Wildman–Crippen LogP) is 6.16. The summed E-state index contributed by atoms with van der Waals surface area (Å²) in [7, 11) is 1.66. The molecular formula is C28H36O6. The molecule has 6 heteroatoms. The molecule has 0 unspecified atom stereocenters. The van der Waals surface area contributed by atoms with E-state index in [9.17, 15) is 9.59 Å². The molecule has 0 atom stereocenters. The largest absolute Gasteiger partial charge is 0.497 e. The Labute approximate surface area is 202 Å². The number of benzene rings is 2. The molecule has 0 aliphatic heterocycles. The van der Waals surface area contributed by atoms with Crippen LogP contribution in [0.3, 0.4) is 0 Å². The van der Waals surface area contributed by atoms with Crippen molar-refractivity contribution < 1.29 is 29.3 Å². The Morgan fingerprint density at radius 1 is 0.853 bits per heavy atom. The highest BCUT2D eigenvalue weighted by Crippen LogP contribution is 2.24. The number of rotatable bonds is 17. The molecule has 2 aromatic carbocycles. The minimum absolute atomic E-state index is 0.0641. The van der Waals surface area contributed by atoms with E-state index >= 15 is 0 Å². The molecule has 0 aliphatic rings. The lowest BCUT2D eigenvalue weighted by atomic mass is 10.0. The van der Waals surface area contributed by atoms with E-state index in [0.29, 0.717) is 19.4 Å². The second kappa shape index (κ2) is 15.5. The van der Waals surface area contributed by atoms with Crippen LogP contribution < -0.4 is 9.47 Å². The maximum absolute atomic E-state index is 11.1. The summed E-state index contributed by atoms with van der Waals surface area (Å²) in [5.41, 5.74) is 3.19. The van der Waals surface area contributed by atoms with Gasteiger partial charge in [0.25, 0.3) is 0 Å². The maximum atomic E-state index is 11.1. The van der Waals surface area contributed by atoms with Crippen LogP contribution in [0.2, 0.25) is 0 Å². The number of aryl methyl sites for hydroxylation is 2. The lowest BCUT2D eigenvalue weighted by molar-refractivity contribution is -0.138. The second-order valence-electron chi connectivity index (χ2n) is 8.31. The first-order valence-electron chi connectivity index (χ1n) is 12.0. The Hall–Kier alpha value is -3.28. The van der Waals surface area contributed by atoms with Gasteiger partial charge in [0.2, 0.25) is 0 Å². The third-order valence-corrected chi connectivity index (χ3v) is 5.54. The highest BCUT2D eigenvalue weighted by molar-refractivity contribution is 5.67. The van der Waals surface area contributed by atoms with E-state index < -0.39 is 11.9 Å². The van der Waals surface area contributed by atoms with Crippen LogP contribution in [0.15, 0.2) is 48.5 Å². The van der Waals surface area contributed by atoms with Gasteiger partial charge in [0, 0.05) is 12.8 Å². The second-order valence-corrected chi connectivity index (χ2v) is 8.31. The smallest absolute Gasteiger partial charge is 0.303 e. The van der Waals surface area contributed by atoms with Crippen molar-refractivity contribution in [1.29, 1.82) is 0 Å². The zero-order valence-electron chi connectivity index (χ0n) is 20.0. The molecule has 6 nitrogen and oxygen atoms in total. The van der Waals surface area contributed by atoms with E-state index in [1.165, 1.54) is 0 Å². The molecule has 0 aromatic heterocycles. The molecule has 0 amide bonds. The summed E-state index contributed by atoms with van der Waals surface area (Å²) in [5.74, 6) is 0.0184. The van der Waals surface area contributed by atoms with Crippen molar-refractivity contribution in [1.82, 2.24) is 0 Å². The molecule has 0 fully saturated rings.